The molecule has 9 nitrogen and oxygen atoms in total. The van der Waals surface area contributed by atoms with Crippen molar-refractivity contribution in [2.45, 2.75) is 51.6 Å². The summed E-state index contributed by atoms with van der Waals surface area (Å²) in [6.45, 7) is 11.4. The van der Waals surface area contributed by atoms with Gasteiger partial charge in [0.25, 0.3) is 0 Å². The fourth-order valence-corrected chi connectivity index (χ4v) is 5.90. The van der Waals surface area contributed by atoms with Crippen LogP contribution in [0, 0.1) is 0 Å². The highest BCUT2D eigenvalue weighted by Gasteiger charge is 2.26. The lowest BCUT2D eigenvalue weighted by molar-refractivity contribution is -0.129. The first-order valence-electron chi connectivity index (χ1n) is 14.6. The molecule has 2 atom stereocenters. The summed E-state index contributed by atoms with van der Waals surface area (Å²) in [7, 11) is 0. The van der Waals surface area contributed by atoms with E-state index in [1.54, 1.807) is 6.92 Å². The Kier molecular flexibility index (Phi) is 11.6. The monoisotopic (exact) mass is 591 g/mol. The average Bonchev–Trinajstić information content (AvgIpc) is 3.41. The van der Waals surface area contributed by atoms with Gasteiger partial charge in [0.05, 0.1) is 34.5 Å². The zero-order chi connectivity index (χ0) is 29.9. The second kappa shape index (κ2) is 15.6. The molecule has 3 N–H and O–H groups in total. The van der Waals surface area contributed by atoms with Crippen molar-refractivity contribution >= 4 is 39.3 Å². The van der Waals surface area contributed by atoms with E-state index in [1.807, 2.05) is 36.4 Å². The number of aryl methyl sites for hydroxylation is 1. The van der Waals surface area contributed by atoms with Crippen molar-refractivity contribution in [1.82, 2.24) is 25.8 Å². The van der Waals surface area contributed by atoms with Crippen LogP contribution in [-0.4, -0.2) is 79.1 Å². The summed E-state index contributed by atoms with van der Waals surface area (Å²) in [6.07, 6.45) is 1.98. The number of carbonyl (C=O) groups excluding carboxylic acids is 3. The number of nitrogens with one attached hydrogen (secondary N) is 3. The fraction of sp³-hybridized carbons (Fsp3) is 0.438. The number of morpholine rings is 1. The topological polar surface area (TPSA) is 113 Å². The Morgan fingerprint density at radius 3 is 2.50 bits per heavy atom. The number of benzene rings is 2. The molecule has 0 unspecified atom stereocenters. The first kappa shape index (κ1) is 31.3. The van der Waals surface area contributed by atoms with Crippen LogP contribution in [0.2, 0.25) is 0 Å². The van der Waals surface area contributed by atoms with E-state index in [2.05, 4.69) is 46.5 Å². The molecule has 4 rings (SSSR count). The largest absolute Gasteiger partial charge is 0.379 e. The minimum absolute atomic E-state index is 0.211. The van der Waals surface area contributed by atoms with Crippen LogP contribution in [0.3, 0.4) is 0 Å². The molecule has 3 amide bonds. The second-order valence-corrected chi connectivity index (χ2v) is 11.7. The number of hydrogen-bond donors (Lipinski definition) is 3. The molecule has 1 saturated heterocycles. The van der Waals surface area contributed by atoms with Crippen molar-refractivity contribution < 1.29 is 19.1 Å². The summed E-state index contributed by atoms with van der Waals surface area (Å²) in [5.41, 5.74) is 3.60. The van der Waals surface area contributed by atoms with E-state index in [9.17, 15) is 14.4 Å². The van der Waals surface area contributed by atoms with Crippen molar-refractivity contribution in [2.75, 3.05) is 39.4 Å². The van der Waals surface area contributed by atoms with E-state index in [0.29, 0.717) is 31.8 Å². The highest BCUT2D eigenvalue weighted by molar-refractivity contribution is 7.18. The van der Waals surface area contributed by atoms with E-state index in [0.717, 1.165) is 40.3 Å². The quantitative estimate of drug-likeness (QED) is 0.249. The lowest BCUT2D eigenvalue weighted by atomic mass is 10.0. The first-order chi connectivity index (χ1) is 20.3. The van der Waals surface area contributed by atoms with Crippen LogP contribution in [0.25, 0.3) is 10.2 Å². The van der Waals surface area contributed by atoms with Crippen LogP contribution < -0.4 is 16.0 Å². The molecule has 0 spiro atoms. The van der Waals surface area contributed by atoms with Crippen LogP contribution in [0.4, 0.5) is 0 Å². The molecule has 224 valence electrons. The minimum atomic E-state index is -0.797. The third-order valence-electron chi connectivity index (χ3n) is 7.28. The molecule has 0 saturated carbocycles. The van der Waals surface area contributed by atoms with Crippen molar-refractivity contribution in [1.29, 1.82) is 0 Å². The summed E-state index contributed by atoms with van der Waals surface area (Å²) in [5.74, 6) is -0.768. The number of hydrogen-bond acceptors (Lipinski definition) is 7. The van der Waals surface area contributed by atoms with E-state index < -0.39 is 12.1 Å². The number of aromatic nitrogens is 1. The number of fused-ring (bicyclic) bond motifs is 1. The molecule has 0 radical (unpaired) electrons. The third kappa shape index (κ3) is 9.20. The van der Waals surface area contributed by atoms with Crippen LogP contribution in [0.1, 0.15) is 36.4 Å². The van der Waals surface area contributed by atoms with Crippen molar-refractivity contribution in [3.8, 4) is 0 Å². The van der Waals surface area contributed by atoms with Gasteiger partial charge in [0, 0.05) is 44.6 Å². The van der Waals surface area contributed by atoms with Crippen LogP contribution in [-0.2, 0) is 38.4 Å². The van der Waals surface area contributed by atoms with Gasteiger partial charge in [-0.3, -0.25) is 19.3 Å². The van der Waals surface area contributed by atoms with Gasteiger partial charge in [-0.1, -0.05) is 56.8 Å². The summed E-state index contributed by atoms with van der Waals surface area (Å²) < 4.78 is 6.45. The molecule has 1 aromatic heterocycles. The Labute approximate surface area is 251 Å². The maximum atomic E-state index is 13.7. The Balaban J connectivity index is 1.45. The van der Waals surface area contributed by atoms with Crippen LogP contribution >= 0.6 is 11.3 Å². The predicted molar refractivity (Wildman–Crippen MR) is 166 cm³/mol. The van der Waals surface area contributed by atoms with Gasteiger partial charge in [-0.15, -0.1) is 11.3 Å². The van der Waals surface area contributed by atoms with Crippen LogP contribution in [0.15, 0.2) is 60.7 Å². The van der Waals surface area contributed by atoms with Gasteiger partial charge in [0.1, 0.15) is 6.04 Å². The summed E-state index contributed by atoms with van der Waals surface area (Å²) >= 11 is 1.54. The molecule has 2 heterocycles. The average molecular weight is 592 g/mol. The maximum absolute atomic E-state index is 13.7. The summed E-state index contributed by atoms with van der Waals surface area (Å²) in [6, 6.07) is 14.8. The smallest absolute Gasteiger partial charge is 0.247 e. The molecule has 2 aromatic carbocycles. The number of thiazole rings is 1. The zero-order valence-corrected chi connectivity index (χ0v) is 25.3. The molecule has 10 heteroatoms. The third-order valence-corrected chi connectivity index (χ3v) is 8.32. The van der Waals surface area contributed by atoms with Crippen molar-refractivity contribution in [3.63, 3.8) is 0 Å². The molecule has 0 bridgehead atoms. The zero-order valence-electron chi connectivity index (χ0n) is 24.5. The molecule has 0 aliphatic carbocycles. The fourth-order valence-electron chi connectivity index (χ4n) is 4.82. The normalized spacial score (nSPS) is 15.1. The maximum Gasteiger partial charge on any atom is 0.247 e. The SMILES string of the molecule is C=C(CN1CCOCC1)C(=O)NC[C@H](Cc1ccccc1)NC(=O)[C@H](Cc1nc2ccc(CC)cc2s1)NC(=O)CC. The molecular formula is C32H41N5O4S. The van der Waals surface area contributed by atoms with E-state index in [1.165, 1.54) is 16.9 Å². The molecule has 42 heavy (non-hydrogen) atoms. The predicted octanol–water partition coefficient (Wildman–Crippen LogP) is 3.03. The van der Waals surface area contributed by atoms with Gasteiger partial charge in [-0.25, -0.2) is 4.98 Å². The number of ether oxygens (including phenoxy) is 1. The highest BCUT2D eigenvalue weighted by atomic mass is 32.1. The Morgan fingerprint density at radius 1 is 1.02 bits per heavy atom. The van der Waals surface area contributed by atoms with Gasteiger partial charge in [0.2, 0.25) is 17.7 Å². The molecule has 1 fully saturated rings. The first-order valence-corrected chi connectivity index (χ1v) is 15.4. The molecular weight excluding hydrogens is 550 g/mol. The standard InChI is InChI=1S/C32H41N5O4S/c1-4-23-11-12-26-28(18-23)42-30(36-26)19-27(35-29(38)5-2)32(40)34-25(17-24-9-7-6-8-10-24)20-33-31(39)22(3)21-37-13-15-41-16-14-37/h6-12,18,25,27H,3-5,13-17,19-21H2,1-2H3,(H,33,39)(H,34,40)(H,35,38)/t25-,27-/m0/s1. The Hall–Kier alpha value is -3.60. The minimum Gasteiger partial charge on any atom is -0.379 e. The number of amides is 3. The number of rotatable bonds is 14. The molecule has 3 aromatic rings. The highest BCUT2D eigenvalue weighted by Crippen LogP contribution is 2.24. The number of carbonyl (C=O) groups is 3. The van der Waals surface area contributed by atoms with Gasteiger partial charge < -0.3 is 20.7 Å². The summed E-state index contributed by atoms with van der Waals surface area (Å²) in [4.78, 5) is 45.8. The lowest BCUT2D eigenvalue weighted by Gasteiger charge is -2.27. The van der Waals surface area contributed by atoms with E-state index in [-0.39, 0.29) is 37.1 Å². The van der Waals surface area contributed by atoms with E-state index in [4.69, 9.17) is 9.72 Å². The van der Waals surface area contributed by atoms with Gasteiger partial charge in [-0.2, -0.15) is 0 Å². The van der Waals surface area contributed by atoms with Crippen molar-refractivity contribution in [3.05, 3.63) is 76.8 Å². The second-order valence-electron chi connectivity index (χ2n) is 10.5. The van der Waals surface area contributed by atoms with Gasteiger partial charge in [-0.05, 0) is 36.1 Å². The van der Waals surface area contributed by atoms with Gasteiger partial charge >= 0.3 is 0 Å². The summed E-state index contributed by atoms with van der Waals surface area (Å²) in [5, 5.41) is 9.71. The Bertz CT molecular complexity index is 1370. The number of nitrogens with zero attached hydrogens (tertiary/aromatic N) is 2. The van der Waals surface area contributed by atoms with Crippen molar-refractivity contribution in [2.24, 2.45) is 0 Å². The molecule has 1 aliphatic rings. The van der Waals surface area contributed by atoms with Crippen LogP contribution in [0.5, 0.6) is 0 Å². The lowest BCUT2D eigenvalue weighted by Crippen LogP contribution is -2.53. The van der Waals surface area contributed by atoms with E-state index >= 15 is 0 Å². The van der Waals surface area contributed by atoms with Gasteiger partial charge in [0.15, 0.2) is 0 Å². The Morgan fingerprint density at radius 2 is 1.79 bits per heavy atom. The molecule has 1 aliphatic heterocycles.